The van der Waals surface area contributed by atoms with Gasteiger partial charge in [0.15, 0.2) is 0 Å². The first-order valence-electron chi connectivity index (χ1n) is 5.15. The molecule has 0 fully saturated rings. The number of rotatable bonds is 7. The lowest BCUT2D eigenvalue weighted by atomic mass is 9.99. The van der Waals surface area contributed by atoms with Crippen LogP contribution in [0, 0.1) is 5.92 Å². The third-order valence-electron chi connectivity index (χ3n) is 2.01. The van der Waals surface area contributed by atoms with E-state index in [0.717, 1.165) is 12.8 Å². The van der Waals surface area contributed by atoms with E-state index >= 15 is 0 Å². The zero-order valence-electron chi connectivity index (χ0n) is 9.54. The molecule has 0 saturated carbocycles. The number of ketones is 2. The van der Waals surface area contributed by atoms with Crippen LogP contribution in [0.1, 0.15) is 40.0 Å². The van der Waals surface area contributed by atoms with Crippen molar-refractivity contribution in [3.8, 4) is 0 Å². The highest BCUT2D eigenvalue weighted by Gasteiger charge is 2.26. The highest BCUT2D eigenvalue weighted by Crippen LogP contribution is 2.08. The topological polar surface area (TPSA) is 60.4 Å². The molecule has 0 heterocycles. The van der Waals surface area contributed by atoms with E-state index in [4.69, 9.17) is 4.74 Å². The fraction of sp³-hybridized carbons (Fsp3) is 0.727. The molecule has 0 aliphatic rings. The highest BCUT2D eigenvalue weighted by molar-refractivity contribution is 6.01. The molecule has 4 nitrogen and oxygen atoms in total. The van der Waals surface area contributed by atoms with Crippen LogP contribution in [0.25, 0.3) is 0 Å². The summed E-state index contributed by atoms with van der Waals surface area (Å²) in [5.41, 5.74) is 0. The summed E-state index contributed by atoms with van der Waals surface area (Å²) in [7, 11) is 0. The number of esters is 1. The Morgan fingerprint density at radius 1 is 1.20 bits per heavy atom. The molecule has 0 aromatic rings. The molecule has 0 aliphatic carbocycles. The minimum Gasteiger partial charge on any atom is -0.465 e. The second-order valence-electron chi connectivity index (χ2n) is 3.59. The molecule has 0 amide bonds. The Morgan fingerprint density at radius 3 is 2.20 bits per heavy atom. The summed E-state index contributed by atoms with van der Waals surface area (Å²) < 4.78 is 4.89. The van der Waals surface area contributed by atoms with Gasteiger partial charge in [-0.3, -0.25) is 14.4 Å². The fourth-order valence-electron chi connectivity index (χ4n) is 1.10. The van der Waals surface area contributed by atoms with Crippen molar-refractivity contribution in [3.63, 3.8) is 0 Å². The number of unbranched alkanes of at least 4 members (excludes halogenated alkanes) is 1. The highest BCUT2D eigenvalue weighted by atomic mass is 16.5. The standard InChI is InChI=1S/C11H18O4/c1-4-5-6-15-11(14)10(9(3)13)7-8(2)12/h10H,4-7H2,1-3H3. The van der Waals surface area contributed by atoms with Crippen LogP contribution in [-0.2, 0) is 19.1 Å². The summed E-state index contributed by atoms with van der Waals surface area (Å²) in [4.78, 5) is 33.3. The number of carbonyl (C=O) groups excluding carboxylic acids is 3. The Hall–Kier alpha value is -1.19. The lowest BCUT2D eigenvalue weighted by Gasteiger charge is -2.11. The summed E-state index contributed by atoms with van der Waals surface area (Å²) in [6, 6.07) is 0. The molecular weight excluding hydrogens is 196 g/mol. The van der Waals surface area contributed by atoms with Crippen molar-refractivity contribution >= 4 is 17.5 Å². The van der Waals surface area contributed by atoms with Crippen molar-refractivity contribution in [1.82, 2.24) is 0 Å². The van der Waals surface area contributed by atoms with E-state index in [0.29, 0.717) is 6.61 Å². The lowest BCUT2D eigenvalue weighted by Crippen LogP contribution is -2.26. The van der Waals surface area contributed by atoms with Crippen molar-refractivity contribution < 1.29 is 19.1 Å². The van der Waals surface area contributed by atoms with Gasteiger partial charge in [-0.15, -0.1) is 0 Å². The van der Waals surface area contributed by atoms with Gasteiger partial charge in [-0.25, -0.2) is 0 Å². The molecule has 0 saturated heterocycles. The molecule has 4 heteroatoms. The van der Waals surface area contributed by atoms with Gasteiger partial charge in [0.2, 0.25) is 0 Å². The Kier molecular flexibility index (Phi) is 6.58. The predicted octanol–water partition coefficient (Wildman–Crippen LogP) is 1.51. The average Bonchev–Trinajstić information content (AvgIpc) is 2.13. The van der Waals surface area contributed by atoms with Gasteiger partial charge in [-0.2, -0.15) is 0 Å². The Morgan fingerprint density at radius 2 is 1.80 bits per heavy atom. The normalized spacial score (nSPS) is 11.9. The minimum absolute atomic E-state index is 0.0553. The van der Waals surface area contributed by atoms with Crippen molar-refractivity contribution in [1.29, 1.82) is 0 Å². The number of Topliss-reactive ketones (excluding diaryl/α,β-unsaturated/α-hetero) is 2. The van der Waals surface area contributed by atoms with E-state index in [-0.39, 0.29) is 18.0 Å². The van der Waals surface area contributed by atoms with Crippen LogP contribution in [0.5, 0.6) is 0 Å². The molecule has 0 rings (SSSR count). The molecule has 0 bridgehead atoms. The van der Waals surface area contributed by atoms with Crippen LogP contribution >= 0.6 is 0 Å². The van der Waals surface area contributed by atoms with E-state index in [1.54, 1.807) is 0 Å². The van der Waals surface area contributed by atoms with Crippen molar-refractivity contribution in [2.24, 2.45) is 5.92 Å². The maximum Gasteiger partial charge on any atom is 0.316 e. The van der Waals surface area contributed by atoms with Crippen molar-refractivity contribution in [2.45, 2.75) is 40.0 Å². The summed E-state index contributed by atoms with van der Waals surface area (Å²) in [5.74, 6) is -1.99. The Bertz CT molecular complexity index is 245. The molecule has 0 N–H and O–H groups in total. The second-order valence-corrected chi connectivity index (χ2v) is 3.59. The summed E-state index contributed by atoms with van der Waals surface area (Å²) in [5, 5.41) is 0. The van der Waals surface area contributed by atoms with Crippen LogP contribution in [0.2, 0.25) is 0 Å². The van der Waals surface area contributed by atoms with E-state index in [1.807, 2.05) is 6.92 Å². The van der Waals surface area contributed by atoms with Gasteiger partial charge in [0.05, 0.1) is 6.61 Å². The number of carbonyl (C=O) groups is 3. The molecular formula is C11H18O4. The summed E-state index contributed by atoms with van der Waals surface area (Å²) >= 11 is 0. The lowest BCUT2D eigenvalue weighted by molar-refractivity contribution is -0.153. The Balaban J connectivity index is 4.17. The third kappa shape index (κ3) is 5.99. The molecule has 86 valence electrons. The largest absolute Gasteiger partial charge is 0.465 e. The average molecular weight is 214 g/mol. The molecule has 0 aliphatic heterocycles. The number of ether oxygens (including phenoxy) is 1. The summed E-state index contributed by atoms with van der Waals surface area (Å²) in [6.07, 6.45) is 1.64. The predicted molar refractivity (Wildman–Crippen MR) is 55.3 cm³/mol. The smallest absolute Gasteiger partial charge is 0.316 e. The van der Waals surface area contributed by atoms with Crippen LogP contribution in [-0.4, -0.2) is 24.1 Å². The van der Waals surface area contributed by atoms with Gasteiger partial charge in [-0.05, 0) is 20.3 Å². The number of hydrogen-bond acceptors (Lipinski definition) is 4. The minimum atomic E-state index is -0.917. The third-order valence-corrected chi connectivity index (χ3v) is 2.01. The molecule has 1 atom stereocenters. The fourth-order valence-corrected chi connectivity index (χ4v) is 1.10. The van der Waals surface area contributed by atoms with E-state index in [9.17, 15) is 14.4 Å². The van der Waals surface area contributed by atoms with Gasteiger partial charge in [-0.1, -0.05) is 13.3 Å². The van der Waals surface area contributed by atoms with Gasteiger partial charge < -0.3 is 4.74 Å². The number of hydrogen-bond donors (Lipinski definition) is 0. The maximum absolute atomic E-state index is 11.4. The molecule has 15 heavy (non-hydrogen) atoms. The molecule has 0 spiro atoms. The molecule has 1 unspecified atom stereocenters. The zero-order valence-corrected chi connectivity index (χ0v) is 9.54. The SMILES string of the molecule is CCCCOC(=O)C(CC(C)=O)C(C)=O. The van der Waals surface area contributed by atoms with Crippen LogP contribution in [0.15, 0.2) is 0 Å². The van der Waals surface area contributed by atoms with Crippen molar-refractivity contribution in [2.75, 3.05) is 6.61 Å². The van der Waals surface area contributed by atoms with E-state index < -0.39 is 11.9 Å². The van der Waals surface area contributed by atoms with Gasteiger partial charge in [0.1, 0.15) is 17.5 Å². The molecule has 0 radical (unpaired) electrons. The van der Waals surface area contributed by atoms with E-state index in [1.165, 1.54) is 13.8 Å². The van der Waals surface area contributed by atoms with Crippen LogP contribution in [0.4, 0.5) is 0 Å². The molecule has 0 aromatic carbocycles. The zero-order chi connectivity index (χ0) is 11.8. The van der Waals surface area contributed by atoms with Gasteiger partial charge >= 0.3 is 5.97 Å². The van der Waals surface area contributed by atoms with Crippen LogP contribution < -0.4 is 0 Å². The second kappa shape index (κ2) is 7.15. The van der Waals surface area contributed by atoms with Gasteiger partial charge in [0, 0.05) is 6.42 Å². The Labute approximate surface area is 90.0 Å². The maximum atomic E-state index is 11.4. The van der Waals surface area contributed by atoms with Crippen molar-refractivity contribution in [3.05, 3.63) is 0 Å². The summed E-state index contributed by atoms with van der Waals surface area (Å²) in [6.45, 7) is 4.95. The van der Waals surface area contributed by atoms with E-state index in [2.05, 4.69) is 0 Å². The van der Waals surface area contributed by atoms with Gasteiger partial charge in [0.25, 0.3) is 0 Å². The first-order valence-corrected chi connectivity index (χ1v) is 5.15. The first kappa shape index (κ1) is 13.8. The monoisotopic (exact) mass is 214 g/mol. The van der Waals surface area contributed by atoms with Crippen LogP contribution in [0.3, 0.4) is 0 Å². The first-order chi connectivity index (χ1) is 6.99. The quantitative estimate of drug-likeness (QED) is 0.366. The molecule has 0 aromatic heterocycles.